The molecule has 0 N–H and O–H groups in total. The average Bonchev–Trinajstić information content (AvgIpc) is 2.05. The average molecular weight is 229 g/mol. The minimum atomic E-state index is 0.385. The summed E-state index contributed by atoms with van der Waals surface area (Å²) in [6, 6.07) is 0. The van der Waals surface area contributed by atoms with E-state index in [2.05, 4.69) is 45.3 Å². The lowest BCUT2D eigenvalue weighted by Crippen LogP contribution is -2.38. The molecule has 0 aliphatic heterocycles. The highest BCUT2D eigenvalue weighted by atomic mass is 32.1. The second-order valence-electron chi connectivity index (χ2n) is 6.26. The van der Waals surface area contributed by atoms with Gasteiger partial charge in [0.25, 0.3) is 0 Å². The van der Waals surface area contributed by atoms with E-state index in [1.54, 1.807) is 0 Å². The predicted molar refractivity (Wildman–Crippen MR) is 71.6 cm³/mol. The molecular weight excluding hydrogens is 202 g/mol. The van der Waals surface area contributed by atoms with E-state index < -0.39 is 0 Å². The largest absolute Gasteiger partial charge is 0.306 e. The van der Waals surface area contributed by atoms with Crippen molar-refractivity contribution in [1.29, 1.82) is 0 Å². The second kappa shape index (κ2) is 5.58. The van der Waals surface area contributed by atoms with Crippen LogP contribution in [0.25, 0.3) is 0 Å². The summed E-state index contributed by atoms with van der Waals surface area (Å²) in [7, 11) is 2.26. The highest BCUT2D eigenvalue weighted by molar-refractivity contribution is 7.80. The molecule has 0 saturated heterocycles. The van der Waals surface area contributed by atoms with Crippen LogP contribution >= 0.6 is 12.6 Å². The molecule has 0 aromatic carbocycles. The third kappa shape index (κ3) is 4.36. The van der Waals surface area contributed by atoms with E-state index in [4.69, 9.17) is 0 Å². The fraction of sp³-hybridized carbons (Fsp3) is 1.00. The van der Waals surface area contributed by atoms with Crippen LogP contribution in [0.1, 0.15) is 40.0 Å². The minimum absolute atomic E-state index is 0.385. The van der Waals surface area contributed by atoms with Crippen molar-refractivity contribution in [2.75, 3.05) is 25.9 Å². The van der Waals surface area contributed by atoms with Crippen molar-refractivity contribution in [3.05, 3.63) is 0 Å². The zero-order valence-corrected chi connectivity index (χ0v) is 11.7. The van der Waals surface area contributed by atoms with Gasteiger partial charge in [0, 0.05) is 13.1 Å². The SMILES string of the molecule is CN(CC1CCC1)CC(CS)C(C)(C)C. The van der Waals surface area contributed by atoms with Gasteiger partial charge in [0.15, 0.2) is 0 Å². The Morgan fingerprint density at radius 1 is 1.33 bits per heavy atom. The summed E-state index contributed by atoms with van der Waals surface area (Å²) < 4.78 is 0. The van der Waals surface area contributed by atoms with Crippen LogP contribution in [0.15, 0.2) is 0 Å². The number of nitrogens with zero attached hydrogens (tertiary/aromatic N) is 1. The third-order valence-electron chi connectivity index (χ3n) is 3.77. The zero-order valence-electron chi connectivity index (χ0n) is 10.8. The van der Waals surface area contributed by atoms with Crippen LogP contribution in [0.3, 0.4) is 0 Å². The molecule has 0 aromatic rings. The van der Waals surface area contributed by atoms with E-state index in [9.17, 15) is 0 Å². The lowest BCUT2D eigenvalue weighted by atomic mass is 9.81. The molecule has 0 heterocycles. The molecule has 2 heteroatoms. The van der Waals surface area contributed by atoms with Gasteiger partial charge in [0.1, 0.15) is 0 Å². The van der Waals surface area contributed by atoms with Gasteiger partial charge < -0.3 is 4.90 Å². The summed E-state index contributed by atoms with van der Waals surface area (Å²) in [6.45, 7) is 9.46. The van der Waals surface area contributed by atoms with Crippen molar-refractivity contribution in [3.63, 3.8) is 0 Å². The van der Waals surface area contributed by atoms with Crippen molar-refractivity contribution < 1.29 is 0 Å². The smallest absolute Gasteiger partial charge is 0.00195 e. The summed E-state index contributed by atoms with van der Waals surface area (Å²) in [6.07, 6.45) is 4.35. The summed E-state index contributed by atoms with van der Waals surface area (Å²) in [5.74, 6) is 2.68. The van der Waals surface area contributed by atoms with Crippen LogP contribution in [-0.4, -0.2) is 30.8 Å². The van der Waals surface area contributed by atoms with Crippen molar-refractivity contribution in [2.24, 2.45) is 17.3 Å². The maximum atomic E-state index is 4.48. The highest BCUT2D eigenvalue weighted by Gasteiger charge is 2.26. The Kier molecular flexibility index (Phi) is 4.98. The standard InChI is InChI=1S/C13H27NS/c1-13(2,3)12(10-15)9-14(4)8-11-6-5-7-11/h11-12,15H,5-10H2,1-4H3. The summed E-state index contributed by atoms with van der Waals surface area (Å²) >= 11 is 4.48. The maximum Gasteiger partial charge on any atom is 0.00195 e. The molecule has 1 aliphatic carbocycles. The molecule has 1 atom stereocenters. The lowest BCUT2D eigenvalue weighted by molar-refractivity contribution is 0.147. The molecule has 1 rings (SSSR count). The fourth-order valence-electron chi connectivity index (χ4n) is 2.17. The molecule has 90 valence electrons. The van der Waals surface area contributed by atoms with Gasteiger partial charge in [-0.25, -0.2) is 0 Å². The monoisotopic (exact) mass is 229 g/mol. The van der Waals surface area contributed by atoms with Crippen LogP contribution in [0.2, 0.25) is 0 Å². The van der Waals surface area contributed by atoms with E-state index in [-0.39, 0.29) is 0 Å². The summed E-state index contributed by atoms with van der Waals surface area (Å²) in [5.41, 5.74) is 0.385. The van der Waals surface area contributed by atoms with Gasteiger partial charge in [-0.15, -0.1) is 0 Å². The Morgan fingerprint density at radius 3 is 2.27 bits per heavy atom. The maximum absolute atomic E-state index is 4.48. The predicted octanol–water partition coefficient (Wildman–Crippen LogP) is 3.31. The molecule has 1 aliphatic rings. The molecule has 15 heavy (non-hydrogen) atoms. The summed E-state index contributed by atoms with van der Waals surface area (Å²) in [5, 5.41) is 0. The Morgan fingerprint density at radius 2 is 1.93 bits per heavy atom. The van der Waals surface area contributed by atoms with E-state index in [0.29, 0.717) is 11.3 Å². The van der Waals surface area contributed by atoms with Crippen LogP contribution in [0, 0.1) is 17.3 Å². The first-order valence-electron chi connectivity index (χ1n) is 6.23. The lowest BCUT2D eigenvalue weighted by Gasteiger charge is -2.36. The van der Waals surface area contributed by atoms with Gasteiger partial charge >= 0.3 is 0 Å². The van der Waals surface area contributed by atoms with E-state index >= 15 is 0 Å². The van der Waals surface area contributed by atoms with Gasteiger partial charge in [-0.05, 0) is 42.9 Å². The summed E-state index contributed by atoms with van der Waals surface area (Å²) in [4.78, 5) is 2.51. The zero-order chi connectivity index (χ0) is 11.5. The van der Waals surface area contributed by atoms with E-state index in [1.165, 1.54) is 32.4 Å². The molecule has 1 nitrogen and oxygen atoms in total. The van der Waals surface area contributed by atoms with E-state index in [1.807, 2.05) is 0 Å². The minimum Gasteiger partial charge on any atom is -0.306 e. The molecule has 1 saturated carbocycles. The molecule has 0 amide bonds. The molecule has 0 spiro atoms. The van der Waals surface area contributed by atoms with Crippen LogP contribution in [0.5, 0.6) is 0 Å². The van der Waals surface area contributed by atoms with E-state index in [0.717, 1.165) is 11.7 Å². The quantitative estimate of drug-likeness (QED) is 0.708. The number of thiol groups is 1. The first-order chi connectivity index (χ1) is 6.93. The van der Waals surface area contributed by atoms with Gasteiger partial charge in [-0.1, -0.05) is 27.2 Å². The highest BCUT2D eigenvalue weighted by Crippen LogP contribution is 2.30. The normalized spacial score (nSPS) is 20.4. The Bertz CT molecular complexity index is 181. The molecule has 1 fully saturated rings. The number of hydrogen-bond acceptors (Lipinski definition) is 2. The first kappa shape index (κ1) is 13.4. The van der Waals surface area contributed by atoms with Crippen molar-refractivity contribution in [1.82, 2.24) is 4.90 Å². The molecular formula is C13H27NS. The fourth-order valence-corrected chi connectivity index (χ4v) is 2.84. The number of hydrogen-bond donors (Lipinski definition) is 1. The van der Waals surface area contributed by atoms with Gasteiger partial charge in [0.2, 0.25) is 0 Å². The van der Waals surface area contributed by atoms with Gasteiger partial charge in [0.05, 0.1) is 0 Å². The molecule has 1 unspecified atom stereocenters. The number of rotatable bonds is 5. The molecule has 0 aromatic heterocycles. The van der Waals surface area contributed by atoms with Crippen molar-refractivity contribution in [2.45, 2.75) is 40.0 Å². The molecule has 0 radical (unpaired) electrons. The molecule has 0 bridgehead atoms. The van der Waals surface area contributed by atoms with Crippen molar-refractivity contribution >= 4 is 12.6 Å². The van der Waals surface area contributed by atoms with Crippen LogP contribution in [0.4, 0.5) is 0 Å². The third-order valence-corrected chi connectivity index (χ3v) is 4.21. The Labute approximate surface area is 101 Å². The first-order valence-corrected chi connectivity index (χ1v) is 6.86. The topological polar surface area (TPSA) is 3.24 Å². The Hall–Kier alpha value is 0.310. The van der Waals surface area contributed by atoms with Gasteiger partial charge in [-0.3, -0.25) is 0 Å². The second-order valence-corrected chi connectivity index (χ2v) is 6.63. The van der Waals surface area contributed by atoms with Gasteiger partial charge in [-0.2, -0.15) is 12.6 Å². The van der Waals surface area contributed by atoms with Crippen LogP contribution in [-0.2, 0) is 0 Å². The van der Waals surface area contributed by atoms with Crippen LogP contribution < -0.4 is 0 Å². The Balaban J connectivity index is 2.30. The van der Waals surface area contributed by atoms with Crippen molar-refractivity contribution in [3.8, 4) is 0 Å².